The summed E-state index contributed by atoms with van der Waals surface area (Å²) in [5.41, 5.74) is -0.414. The minimum Gasteiger partial charge on any atom is -0.492 e. The molecule has 2 aromatic rings. The summed E-state index contributed by atoms with van der Waals surface area (Å²) in [7, 11) is 1.64. The van der Waals surface area contributed by atoms with Crippen LogP contribution in [-0.2, 0) is 0 Å². The Kier molecular flexibility index (Phi) is 7.70. The fourth-order valence-electron chi connectivity index (χ4n) is 2.97. The fraction of sp³-hybridized carbons (Fsp3) is 0.524. The maximum Gasteiger partial charge on any atom is 0.169 e. The SMILES string of the molecule is CCCCCC(CC)Oc1ccc2c(OC)c(OC(C)Cl)ccc2c1. The molecule has 0 aliphatic rings. The van der Waals surface area contributed by atoms with E-state index >= 15 is 0 Å². The molecular formula is C21H29ClO3. The van der Waals surface area contributed by atoms with E-state index in [4.69, 9.17) is 25.8 Å². The Bertz CT molecular complexity index is 669. The van der Waals surface area contributed by atoms with Crippen LogP contribution in [0, 0.1) is 0 Å². The summed E-state index contributed by atoms with van der Waals surface area (Å²) < 4.78 is 17.4. The molecule has 0 saturated heterocycles. The fourth-order valence-corrected chi connectivity index (χ4v) is 3.07. The highest BCUT2D eigenvalue weighted by Crippen LogP contribution is 2.38. The molecule has 0 aromatic heterocycles. The second kappa shape index (κ2) is 9.76. The molecule has 0 aliphatic carbocycles. The van der Waals surface area contributed by atoms with Crippen molar-refractivity contribution in [3.8, 4) is 17.2 Å². The van der Waals surface area contributed by atoms with Gasteiger partial charge in [0.05, 0.1) is 13.2 Å². The van der Waals surface area contributed by atoms with Crippen molar-refractivity contribution in [2.24, 2.45) is 0 Å². The Morgan fingerprint density at radius 2 is 1.84 bits per heavy atom. The van der Waals surface area contributed by atoms with Gasteiger partial charge in [0, 0.05) is 5.39 Å². The molecule has 0 radical (unpaired) electrons. The lowest BCUT2D eigenvalue weighted by atomic mass is 10.1. The van der Waals surface area contributed by atoms with Gasteiger partial charge in [-0.25, -0.2) is 0 Å². The Morgan fingerprint density at radius 3 is 2.48 bits per heavy atom. The van der Waals surface area contributed by atoms with E-state index in [0.717, 1.165) is 29.4 Å². The van der Waals surface area contributed by atoms with Crippen molar-refractivity contribution in [1.29, 1.82) is 0 Å². The number of methoxy groups -OCH3 is 1. The summed E-state index contributed by atoms with van der Waals surface area (Å²) in [4.78, 5) is 0. The number of halogens is 1. The summed E-state index contributed by atoms with van der Waals surface area (Å²) in [6, 6.07) is 9.99. The maximum atomic E-state index is 6.19. The highest BCUT2D eigenvalue weighted by atomic mass is 35.5. The molecule has 138 valence electrons. The van der Waals surface area contributed by atoms with Crippen LogP contribution in [0.25, 0.3) is 10.8 Å². The van der Waals surface area contributed by atoms with E-state index < -0.39 is 5.56 Å². The van der Waals surface area contributed by atoms with Crippen molar-refractivity contribution in [2.45, 2.75) is 64.5 Å². The van der Waals surface area contributed by atoms with Crippen molar-refractivity contribution in [3.63, 3.8) is 0 Å². The second-order valence-corrected chi connectivity index (χ2v) is 6.90. The molecule has 4 heteroatoms. The number of hydrogen-bond donors (Lipinski definition) is 0. The lowest BCUT2D eigenvalue weighted by Gasteiger charge is -2.19. The summed E-state index contributed by atoms with van der Waals surface area (Å²) in [5, 5.41) is 2.05. The van der Waals surface area contributed by atoms with E-state index in [9.17, 15) is 0 Å². The third-order valence-electron chi connectivity index (χ3n) is 4.29. The highest BCUT2D eigenvalue weighted by Gasteiger charge is 2.13. The van der Waals surface area contributed by atoms with Gasteiger partial charge in [-0.05, 0) is 55.8 Å². The molecule has 3 nitrogen and oxygen atoms in total. The van der Waals surface area contributed by atoms with Crippen LogP contribution in [0.2, 0.25) is 0 Å². The van der Waals surface area contributed by atoms with Crippen LogP contribution in [0.1, 0.15) is 52.9 Å². The Labute approximate surface area is 156 Å². The first-order valence-electron chi connectivity index (χ1n) is 9.17. The van der Waals surface area contributed by atoms with Crippen LogP contribution >= 0.6 is 11.6 Å². The summed E-state index contributed by atoms with van der Waals surface area (Å²) in [6.07, 6.45) is 6.10. The van der Waals surface area contributed by atoms with Gasteiger partial charge in [-0.3, -0.25) is 0 Å². The van der Waals surface area contributed by atoms with Crippen LogP contribution in [-0.4, -0.2) is 18.8 Å². The van der Waals surface area contributed by atoms with Gasteiger partial charge in [-0.2, -0.15) is 0 Å². The molecule has 2 rings (SSSR count). The number of alkyl halides is 1. The van der Waals surface area contributed by atoms with Crippen LogP contribution in [0.3, 0.4) is 0 Å². The molecule has 0 amide bonds. The first-order valence-corrected chi connectivity index (χ1v) is 9.60. The van der Waals surface area contributed by atoms with Crippen LogP contribution in [0.4, 0.5) is 0 Å². The second-order valence-electron chi connectivity index (χ2n) is 6.28. The minimum atomic E-state index is -0.414. The molecular weight excluding hydrogens is 336 g/mol. The average Bonchev–Trinajstić information content (AvgIpc) is 2.60. The zero-order chi connectivity index (χ0) is 18.2. The van der Waals surface area contributed by atoms with E-state index in [-0.39, 0.29) is 6.10 Å². The van der Waals surface area contributed by atoms with E-state index in [2.05, 4.69) is 19.9 Å². The molecule has 0 spiro atoms. The summed E-state index contributed by atoms with van der Waals surface area (Å²) in [6.45, 7) is 6.19. The summed E-state index contributed by atoms with van der Waals surface area (Å²) >= 11 is 5.95. The monoisotopic (exact) mass is 364 g/mol. The molecule has 0 saturated carbocycles. The van der Waals surface area contributed by atoms with Gasteiger partial charge in [0.25, 0.3) is 0 Å². The van der Waals surface area contributed by atoms with Crippen LogP contribution < -0.4 is 14.2 Å². The van der Waals surface area contributed by atoms with E-state index in [0.29, 0.717) is 11.5 Å². The van der Waals surface area contributed by atoms with E-state index in [1.165, 1.54) is 19.3 Å². The molecule has 0 heterocycles. The molecule has 2 aromatic carbocycles. The smallest absolute Gasteiger partial charge is 0.169 e. The maximum absolute atomic E-state index is 6.19. The molecule has 0 N–H and O–H groups in total. The Hall–Kier alpha value is -1.61. The molecule has 0 bridgehead atoms. The number of ether oxygens (including phenoxy) is 3. The number of unbranched alkanes of at least 4 members (excludes halogenated alkanes) is 2. The quantitative estimate of drug-likeness (QED) is 0.353. The van der Waals surface area contributed by atoms with Gasteiger partial charge in [0.1, 0.15) is 5.75 Å². The van der Waals surface area contributed by atoms with Gasteiger partial charge in [0.2, 0.25) is 0 Å². The van der Waals surface area contributed by atoms with Crippen LogP contribution in [0.15, 0.2) is 30.3 Å². The molecule has 2 unspecified atom stereocenters. The Morgan fingerprint density at radius 1 is 1.04 bits per heavy atom. The van der Waals surface area contributed by atoms with Crippen molar-refractivity contribution in [1.82, 2.24) is 0 Å². The normalized spacial score (nSPS) is 13.5. The predicted octanol–water partition coefficient (Wildman–Crippen LogP) is 6.55. The lowest BCUT2D eigenvalue weighted by Crippen LogP contribution is -2.15. The van der Waals surface area contributed by atoms with E-state index in [1.54, 1.807) is 14.0 Å². The lowest BCUT2D eigenvalue weighted by molar-refractivity contribution is 0.183. The Balaban J connectivity index is 2.21. The topological polar surface area (TPSA) is 27.7 Å². The molecule has 0 aliphatic heterocycles. The number of benzene rings is 2. The largest absolute Gasteiger partial charge is 0.492 e. The number of rotatable bonds is 10. The average molecular weight is 365 g/mol. The predicted molar refractivity (Wildman–Crippen MR) is 105 cm³/mol. The third kappa shape index (κ3) is 5.43. The zero-order valence-corrected chi connectivity index (χ0v) is 16.4. The molecule has 25 heavy (non-hydrogen) atoms. The number of hydrogen-bond acceptors (Lipinski definition) is 3. The highest BCUT2D eigenvalue weighted by molar-refractivity contribution is 6.19. The van der Waals surface area contributed by atoms with Gasteiger partial charge >= 0.3 is 0 Å². The van der Waals surface area contributed by atoms with Crippen LogP contribution in [0.5, 0.6) is 17.2 Å². The minimum absolute atomic E-state index is 0.269. The van der Waals surface area contributed by atoms with Crippen molar-refractivity contribution in [2.75, 3.05) is 7.11 Å². The number of fused-ring (bicyclic) bond motifs is 1. The molecule has 0 fully saturated rings. The van der Waals surface area contributed by atoms with Crippen molar-refractivity contribution in [3.05, 3.63) is 30.3 Å². The standard InChI is InChI=1S/C21H29ClO3/c1-5-7-8-9-17(6-2)25-18-11-12-19-16(14-18)10-13-20(21(19)23-4)24-15(3)22/h10-15,17H,5-9H2,1-4H3. The zero-order valence-electron chi connectivity index (χ0n) is 15.7. The van der Waals surface area contributed by atoms with Gasteiger partial charge in [-0.1, -0.05) is 44.4 Å². The first-order chi connectivity index (χ1) is 12.1. The molecule has 2 atom stereocenters. The van der Waals surface area contributed by atoms with Crippen molar-refractivity contribution >= 4 is 22.4 Å². The summed E-state index contributed by atoms with van der Waals surface area (Å²) in [5.74, 6) is 2.25. The van der Waals surface area contributed by atoms with Gasteiger partial charge < -0.3 is 14.2 Å². The van der Waals surface area contributed by atoms with Gasteiger partial charge in [0.15, 0.2) is 17.1 Å². The first kappa shape index (κ1) is 19.7. The third-order valence-corrected chi connectivity index (χ3v) is 4.38. The van der Waals surface area contributed by atoms with E-state index in [1.807, 2.05) is 24.3 Å². The van der Waals surface area contributed by atoms with Crippen molar-refractivity contribution < 1.29 is 14.2 Å². The van der Waals surface area contributed by atoms with Gasteiger partial charge in [-0.15, -0.1) is 0 Å².